The maximum absolute atomic E-state index is 5.70. The molecule has 0 radical (unpaired) electrons. The molecule has 0 aromatic carbocycles. The summed E-state index contributed by atoms with van der Waals surface area (Å²) in [7, 11) is 0. The standard InChI is InChI=1S/C6H7ClN2S.ClH/c7-3-5-4-10-6-8-1-2-9(5)6;/h4H,1-3H2;1H. The third-order valence-electron chi connectivity index (χ3n) is 1.59. The van der Waals surface area contributed by atoms with E-state index in [4.69, 9.17) is 11.6 Å². The van der Waals surface area contributed by atoms with Crippen LogP contribution in [-0.4, -0.2) is 29.0 Å². The Hall–Kier alpha value is 0.140. The van der Waals surface area contributed by atoms with Gasteiger partial charge in [0.05, 0.1) is 12.4 Å². The van der Waals surface area contributed by atoms with Crippen LogP contribution in [0.5, 0.6) is 0 Å². The third-order valence-corrected chi connectivity index (χ3v) is 2.81. The van der Waals surface area contributed by atoms with Gasteiger partial charge < -0.3 is 4.90 Å². The van der Waals surface area contributed by atoms with E-state index < -0.39 is 0 Å². The first-order valence-corrected chi connectivity index (χ1v) is 4.57. The van der Waals surface area contributed by atoms with Gasteiger partial charge in [-0.1, -0.05) is 11.8 Å². The summed E-state index contributed by atoms with van der Waals surface area (Å²) in [5, 5.41) is 3.20. The molecular weight excluding hydrogens is 203 g/mol. The largest absolute Gasteiger partial charge is 0.321 e. The summed E-state index contributed by atoms with van der Waals surface area (Å²) in [5.41, 5.74) is 1.20. The summed E-state index contributed by atoms with van der Waals surface area (Å²) in [6.07, 6.45) is 0. The number of aliphatic imine (C=N–C) groups is 1. The molecule has 2 heterocycles. The molecule has 11 heavy (non-hydrogen) atoms. The minimum Gasteiger partial charge on any atom is -0.321 e. The molecule has 0 atom stereocenters. The van der Waals surface area contributed by atoms with Crippen molar-refractivity contribution < 1.29 is 0 Å². The topological polar surface area (TPSA) is 15.6 Å². The Labute approximate surface area is 81.1 Å². The van der Waals surface area contributed by atoms with Crippen LogP contribution in [0.15, 0.2) is 16.1 Å². The number of fused-ring (bicyclic) bond motifs is 1. The molecule has 0 N–H and O–H groups in total. The van der Waals surface area contributed by atoms with Gasteiger partial charge in [-0.2, -0.15) is 0 Å². The Balaban J connectivity index is 0.000000605. The normalized spacial score (nSPS) is 20.6. The third kappa shape index (κ3) is 1.50. The number of alkyl halides is 1. The molecule has 2 rings (SSSR count). The highest BCUT2D eigenvalue weighted by Gasteiger charge is 2.24. The molecular formula is C6H8Cl2N2S. The van der Waals surface area contributed by atoms with Gasteiger partial charge >= 0.3 is 0 Å². The van der Waals surface area contributed by atoms with Crippen LogP contribution in [0.4, 0.5) is 0 Å². The van der Waals surface area contributed by atoms with Crippen molar-refractivity contribution in [2.24, 2.45) is 4.99 Å². The molecule has 0 fully saturated rings. The Morgan fingerprint density at radius 1 is 1.73 bits per heavy atom. The number of hydrogen-bond acceptors (Lipinski definition) is 3. The van der Waals surface area contributed by atoms with Crippen molar-refractivity contribution in [1.29, 1.82) is 0 Å². The van der Waals surface area contributed by atoms with Gasteiger partial charge in [0, 0.05) is 12.2 Å². The molecule has 2 aliphatic heterocycles. The van der Waals surface area contributed by atoms with E-state index >= 15 is 0 Å². The minimum absolute atomic E-state index is 0. The Morgan fingerprint density at radius 3 is 3.27 bits per heavy atom. The highest BCUT2D eigenvalue weighted by molar-refractivity contribution is 8.16. The van der Waals surface area contributed by atoms with Crippen molar-refractivity contribution in [2.45, 2.75) is 0 Å². The quantitative estimate of drug-likeness (QED) is 0.615. The molecule has 5 heteroatoms. The van der Waals surface area contributed by atoms with E-state index in [9.17, 15) is 0 Å². The van der Waals surface area contributed by atoms with Crippen LogP contribution in [0, 0.1) is 0 Å². The molecule has 0 aromatic heterocycles. The van der Waals surface area contributed by atoms with Crippen LogP contribution in [0.25, 0.3) is 0 Å². The Kier molecular flexibility index (Phi) is 3.10. The van der Waals surface area contributed by atoms with Crippen LogP contribution < -0.4 is 0 Å². The zero-order valence-electron chi connectivity index (χ0n) is 5.79. The molecule has 0 aromatic rings. The van der Waals surface area contributed by atoms with Crippen molar-refractivity contribution in [2.75, 3.05) is 19.0 Å². The maximum atomic E-state index is 5.70. The first-order valence-electron chi connectivity index (χ1n) is 3.15. The van der Waals surface area contributed by atoms with Crippen molar-refractivity contribution in [3.8, 4) is 0 Å². The van der Waals surface area contributed by atoms with Gasteiger partial charge in [0.15, 0.2) is 5.17 Å². The van der Waals surface area contributed by atoms with Gasteiger partial charge in [-0.15, -0.1) is 24.0 Å². The lowest BCUT2D eigenvalue weighted by Crippen LogP contribution is -2.21. The fourth-order valence-electron chi connectivity index (χ4n) is 1.08. The zero-order valence-corrected chi connectivity index (χ0v) is 8.18. The monoisotopic (exact) mass is 210 g/mol. The number of nitrogens with zero attached hydrogens (tertiary/aromatic N) is 2. The highest BCUT2D eigenvalue weighted by Crippen LogP contribution is 2.29. The van der Waals surface area contributed by atoms with Gasteiger partial charge in [0.1, 0.15) is 0 Å². The summed E-state index contributed by atoms with van der Waals surface area (Å²) in [6.45, 7) is 1.94. The fourth-order valence-corrected chi connectivity index (χ4v) is 2.35. The molecule has 0 saturated heterocycles. The fraction of sp³-hybridized carbons (Fsp3) is 0.500. The van der Waals surface area contributed by atoms with Gasteiger partial charge in [-0.25, -0.2) is 0 Å². The van der Waals surface area contributed by atoms with E-state index in [1.165, 1.54) is 5.70 Å². The predicted molar refractivity (Wildman–Crippen MR) is 52.7 cm³/mol. The number of thioether (sulfide) groups is 1. The average Bonchev–Trinajstić information content (AvgIpc) is 2.44. The van der Waals surface area contributed by atoms with Gasteiger partial charge in [-0.05, 0) is 5.41 Å². The first kappa shape index (κ1) is 9.23. The zero-order chi connectivity index (χ0) is 6.97. The second-order valence-corrected chi connectivity index (χ2v) is 3.28. The van der Waals surface area contributed by atoms with E-state index in [2.05, 4.69) is 15.3 Å². The van der Waals surface area contributed by atoms with Crippen LogP contribution in [0.3, 0.4) is 0 Å². The Morgan fingerprint density at radius 2 is 2.55 bits per heavy atom. The summed E-state index contributed by atoms with van der Waals surface area (Å²) < 4.78 is 0. The SMILES string of the molecule is Cl.ClCC1=CSC2=NCCN12. The molecule has 2 aliphatic rings. The molecule has 0 spiro atoms. The molecule has 0 aliphatic carbocycles. The number of allylic oxidation sites excluding steroid dienone is 1. The molecule has 62 valence electrons. The lowest BCUT2D eigenvalue weighted by molar-refractivity contribution is 0.578. The number of rotatable bonds is 1. The molecule has 0 bridgehead atoms. The average molecular weight is 211 g/mol. The van der Waals surface area contributed by atoms with Crippen molar-refractivity contribution in [1.82, 2.24) is 4.90 Å². The predicted octanol–water partition coefficient (Wildman–Crippen LogP) is 1.91. The first-order chi connectivity index (χ1) is 4.92. The van der Waals surface area contributed by atoms with E-state index in [0.29, 0.717) is 5.88 Å². The van der Waals surface area contributed by atoms with E-state index in [1.54, 1.807) is 11.8 Å². The van der Waals surface area contributed by atoms with E-state index in [1.807, 2.05) is 0 Å². The van der Waals surface area contributed by atoms with Gasteiger partial charge in [0.25, 0.3) is 0 Å². The van der Waals surface area contributed by atoms with E-state index in [0.717, 1.165) is 18.3 Å². The van der Waals surface area contributed by atoms with Crippen LogP contribution in [0.2, 0.25) is 0 Å². The van der Waals surface area contributed by atoms with Crippen LogP contribution in [0.1, 0.15) is 0 Å². The van der Waals surface area contributed by atoms with Crippen LogP contribution in [-0.2, 0) is 0 Å². The summed E-state index contributed by atoms with van der Waals surface area (Å²) >= 11 is 7.37. The number of halogens is 2. The van der Waals surface area contributed by atoms with Crippen molar-refractivity contribution >= 4 is 40.9 Å². The smallest absolute Gasteiger partial charge is 0.168 e. The second kappa shape index (κ2) is 3.70. The summed E-state index contributed by atoms with van der Waals surface area (Å²) in [6, 6.07) is 0. The number of amidine groups is 1. The molecule has 0 amide bonds. The van der Waals surface area contributed by atoms with Gasteiger partial charge in [-0.3, -0.25) is 4.99 Å². The van der Waals surface area contributed by atoms with Gasteiger partial charge in [0.2, 0.25) is 0 Å². The summed E-state index contributed by atoms with van der Waals surface area (Å²) in [4.78, 5) is 6.47. The number of hydrogen-bond donors (Lipinski definition) is 0. The highest BCUT2D eigenvalue weighted by atomic mass is 35.5. The van der Waals surface area contributed by atoms with Crippen molar-refractivity contribution in [3.63, 3.8) is 0 Å². The summed E-state index contributed by atoms with van der Waals surface area (Å²) in [5.74, 6) is 0.603. The lowest BCUT2D eigenvalue weighted by atomic mass is 10.5. The van der Waals surface area contributed by atoms with Crippen molar-refractivity contribution in [3.05, 3.63) is 11.1 Å². The van der Waals surface area contributed by atoms with Crippen LogP contribution >= 0.6 is 35.8 Å². The molecule has 2 nitrogen and oxygen atoms in total. The Bertz CT molecular complexity index is 215. The minimum atomic E-state index is 0. The molecule has 0 saturated carbocycles. The van der Waals surface area contributed by atoms with E-state index in [-0.39, 0.29) is 12.4 Å². The second-order valence-electron chi connectivity index (χ2n) is 2.18. The lowest BCUT2D eigenvalue weighted by Gasteiger charge is -2.13. The maximum Gasteiger partial charge on any atom is 0.168 e. The molecule has 0 unspecified atom stereocenters.